The van der Waals surface area contributed by atoms with Crippen molar-refractivity contribution in [2.45, 2.75) is 31.6 Å². The van der Waals surface area contributed by atoms with Crippen LogP contribution >= 0.6 is 0 Å². The number of sulfonamides is 1. The largest absolute Gasteiger partial charge is 0.304 e. The van der Waals surface area contributed by atoms with E-state index in [4.69, 9.17) is 0 Å². The molecule has 1 N–H and O–H groups in total. The van der Waals surface area contributed by atoms with Gasteiger partial charge in [-0.15, -0.1) is 0 Å². The third-order valence-corrected chi connectivity index (χ3v) is 5.64. The van der Waals surface area contributed by atoms with Gasteiger partial charge < -0.3 is 4.90 Å². The molecular weight excluding hydrogens is 260 g/mol. The molecule has 1 aliphatic heterocycles. The molecule has 0 aliphatic carbocycles. The monoisotopic (exact) mass is 282 g/mol. The molecule has 0 bridgehead atoms. The van der Waals surface area contributed by atoms with E-state index in [2.05, 4.69) is 16.5 Å². The summed E-state index contributed by atoms with van der Waals surface area (Å²) in [4.78, 5) is 2.29. The molecule has 0 radical (unpaired) electrons. The van der Waals surface area contributed by atoms with Crippen molar-refractivity contribution in [3.8, 4) is 0 Å². The number of benzene rings is 1. The molecule has 1 aromatic rings. The second-order valence-corrected chi connectivity index (χ2v) is 7.03. The molecular formula is C14H22N2O2S. The van der Waals surface area contributed by atoms with Gasteiger partial charge in [-0.25, -0.2) is 13.1 Å². The summed E-state index contributed by atoms with van der Waals surface area (Å²) in [6.07, 6.45) is 1.47. The van der Waals surface area contributed by atoms with Gasteiger partial charge in [0, 0.05) is 6.54 Å². The Morgan fingerprint density at radius 1 is 1.21 bits per heavy atom. The molecule has 0 amide bonds. The molecule has 0 spiro atoms. The molecule has 1 heterocycles. The number of likely N-dealkylation sites (tertiary alicyclic amines) is 1. The maximum Gasteiger partial charge on any atom is 0.214 e. The fourth-order valence-electron chi connectivity index (χ4n) is 2.43. The van der Waals surface area contributed by atoms with Gasteiger partial charge in [-0.1, -0.05) is 37.3 Å². The number of piperidine rings is 1. The molecule has 0 aromatic heterocycles. The lowest BCUT2D eigenvalue weighted by Gasteiger charge is -2.30. The topological polar surface area (TPSA) is 49.4 Å². The normalized spacial score (nSPS) is 18.6. The zero-order valence-electron chi connectivity index (χ0n) is 11.4. The lowest BCUT2D eigenvalue weighted by molar-refractivity contribution is 0.241. The first kappa shape index (κ1) is 14.5. The van der Waals surface area contributed by atoms with Crippen molar-refractivity contribution in [3.63, 3.8) is 0 Å². The Hall–Kier alpha value is -0.910. The highest BCUT2D eigenvalue weighted by Crippen LogP contribution is 2.17. The van der Waals surface area contributed by atoms with Crippen LogP contribution in [0.4, 0.5) is 0 Å². The minimum atomic E-state index is -3.19. The molecule has 5 heteroatoms. The second kappa shape index (κ2) is 6.50. The predicted octanol–water partition coefficient (Wildman–Crippen LogP) is 1.59. The highest BCUT2D eigenvalue weighted by atomic mass is 32.2. The van der Waals surface area contributed by atoms with Gasteiger partial charge in [-0.2, -0.15) is 0 Å². The third-order valence-electron chi connectivity index (χ3n) is 3.74. The average molecular weight is 282 g/mol. The van der Waals surface area contributed by atoms with Gasteiger partial charge in [0.15, 0.2) is 0 Å². The molecule has 4 nitrogen and oxygen atoms in total. The van der Waals surface area contributed by atoms with Crippen LogP contribution in [0.5, 0.6) is 0 Å². The van der Waals surface area contributed by atoms with E-state index in [-0.39, 0.29) is 5.25 Å². The van der Waals surface area contributed by atoms with Crippen LogP contribution in [0, 0.1) is 0 Å². The average Bonchev–Trinajstić information content (AvgIpc) is 2.46. The van der Waals surface area contributed by atoms with Crippen molar-refractivity contribution >= 4 is 10.0 Å². The highest BCUT2D eigenvalue weighted by molar-refractivity contribution is 7.90. The van der Waals surface area contributed by atoms with Crippen LogP contribution < -0.4 is 4.72 Å². The van der Waals surface area contributed by atoms with E-state index in [1.807, 2.05) is 30.3 Å². The standard InChI is InChI=1S/C14H22N2O2S/c1-2-16-10-8-14(9-11-16)19(17,18)15-12-13-6-4-3-5-7-13/h3-7,14-15H,2,8-12H2,1H3. The first-order valence-corrected chi connectivity index (χ1v) is 8.41. The van der Waals surface area contributed by atoms with E-state index in [1.165, 1.54) is 0 Å². The Morgan fingerprint density at radius 2 is 1.84 bits per heavy atom. The fourth-order valence-corrected chi connectivity index (χ4v) is 3.87. The van der Waals surface area contributed by atoms with E-state index in [0.717, 1.165) is 38.0 Å². The molecule has 1 aliphatic rings. The fraction of sp³-hybridized carbons (Fsp3) is 0.571. The van der Waals surface area contributed by atoms with Crippen LogP contribution in [-0.4, -0.2) is 38.2 Å². The first-order chi connectivity index (χ1) is 9.12. The van der Waals surface area contributed by atoms with Crippen LogP contribution in [0.1, 0.15) is 25.3 Å². The summed E-state index contributed by atoms with van der Waals surface area (Å²) < 4.78 is 27.2. The van der Waals surface area contributed by atoms with Gasteiger partial charge in [0.2, 0.25) is 10.0 Å². The quantitative estimate of drug-likeness (QED) is 0.892. The number of hydrogen-bond acceptors (Lipinski definition) is 3. The van der Waals surface area contributed by atoms with E-state index < -0.39 is 10.0 Å². The van der Waals surface area contributed by atoms with Crippen molar-refractivity contribution < 1.29 is 8.42 Å². The second-order valence-electron chi connectivity index (χ2n) is 4.99. The van der Waals surface area contributed by atoms with Gasteiger partial charge in [0.25, 0.3) is 0 Å². The number of nitrogens with one attached hydrogen (secondary N) is 1. The molecule has 1 fully saturated rings. The summed E-state index contributed by atoms with van der Waals surface area (Å²) in [6, 6.07) is 9.63. The summed E-state index contributed by atoms with van der Waals surface area (Å²) in [6.45, 7) is 5.27. The summed E-state index contributed by atoms with van der Waals surface area (Å²) in [7, 11) is -3.19. The van der Waals surface area contributed by atoms with Crippen LogP contribution in [0.3, 0.4) is 0 Å². The Bertz CT molecular complexity index is 479. The Labute approximate surface area is 115 Å². The van der Waals surface area contributed by atoms with Gasteiger partial charge in [-0.05, 0) is 38.0 Å². The van der Waals surface area contributed by atoms with E-state index in [1.54, 1.807) is 0 Å². The predicted molar refractivity (Wildman–Crippen MR) is 77.3 cm³/mol. The van der Waals surface area contributed by atoms with Gasteiger partial charge >= 0.3 is 0 Å². The Kier molecular flexibility index (Phi) is 4.96. The van der Waals surface area contributed by atoms with Gasteiger partial charge in [-0.3, -0.25) is 0 Å². The van der Waals surface area contributed by atoms with Crippen molar-refractivity contribution in [1.82, 2.24) is 9.62 Å². The summed E-state index contributed by atoms with van der Waals surface area (Å²) in [5.74, 6) is 0. The smallest absolute Gasteiger partial charge is 0.214 e. The van der Waals surface area contributed by atoms with Crippen molar-refractivity contribution in [1.29, 1.82) is 0 Å². The number of hydrogen-bond donors (Lipinski definition) is 1. The molecule has 0 unspecified atom stereocenters. The zero-order valence-corrected chi connectivity index (χ0v) is 12.2. The van der Waals surface area contributed by atoms with E-state index in [9.17, 15) is 8.42 Å². The zero-order chi connectivity index (χ0) is 13.7. The number of rotatable bonds is 5. The van der Waals surface area contributed by atoms with Crippen molar-refractivity contribution in [3.05, 3.63) is 35.9 Å². The van der Waals surface area contributed by atoms with Gasteiger partial charge in [0.1, 0.15) is 0 Å². The molecule has 19 heavy (non-hydrogen) atoms. The molecule has 106 valence electrons. The summed E-state index contributed by atoms with van der Waals surface area (Å²) in [5.41, 5.74) is 0.997. The van der Waals surface area contributed by atoms with Gasteiger partial charge in [0.05, 0.1) is 5.25 Å². The van der Waals surface area contributed by atoms with Crippen LogP contribution in [0.2, 0.25) is 0 Å². The van der Waals surface area contributed by atoms with Crippen LogP contribution in [-0.2, 0) is 16.6 Å². The molecule has 1 saturated heterocycles. The van der Waals surface area contributed by atoms with E-state index >= 15 is 0 Å². The summed E-state index contributed by atoms with van der Waals surface area (Å²) in [5, 5.41) is -0.237. The Balaban J connectivity index is 1.89. The SMILES string of the molecule is CCN1CCC(S(=O)(=O)NCc2ccccc2)CC1. The van der Waals surface area contributed by atoms with Crippen LogP contribution in [0.15, 0.2) is 30.3 Å². The summed E-state index contributed by atoms with van der Waals surface area (Å²) >= 11 is 0. The van der Waals surface area contributed by atoms with E-state index in [0.29, 0.717) is 6.54 Å². The van der Waals surface area contributed by atoms with Crippen LogP contribution in [0.25, 0.3) is 0 Å². The Morgan fingerprint density at radius 3 is 2.42 bits per heavy atom. The maximum absolute atomic E-state index is 12.2. The molecule has 2 rings (SSSR count). The highest BCUT2D eigenvalue weighted by Gasteiger charge is 2.28. The minimum absolute atomic E-state index is 0.237. The molecule has 0 atom stereocenters. The van der Waals surface area contributed by atoms with Crippen molar-refractivity contribution in [2.75, 3.05) is 19.6 Å². The molecule has 0 saturated carbocycles. The maximum atomic E-state index is 12.2. The van der Waals surface area contributed by atoms with Crippen molar-refractivity contribution in [2.24, 2.45) is 0 Å². The minimum Gasteiger partial charge on any atom is -0.304 e. The third kappa shape index (κ3) is 4.03. The lowest BCUT2D eigenvalue weighted by atomic mass is 10.1. The lowest BCUT2D eigenvalue weighted by Crippen LogP contribution is -2.43. The number of nitrogens with zero attached hydrogens (tertiary/aromatic N) is 1. The first-order valence-electron chi connectivity index (χ1n) is 6.86. The molecule has 1 aromatic carbocycles.